The van der Waals surface area contributed by atoms with Crippen molar-refractivity contribution in [1.29, 1.82) is 0 Å². The van der Waals surface area contributed by atoms with Gasteiger partial charge in [0.25, 0.3) is 0 Å². The normalized spacial score (nSPS) is 13.1. The molecule has 8 aromatic carbocycles. The fraction of sp³-hybridized carbons (Fsp3) is 0.0196. The third-order valence-corrected chi connectivity index (χ3v) is 11.3. The van der Waals surface area contributed by atoms with Gasteiger partial charge < -0.3 is 0 Å². The second-order valence-electron chi connectivity index (χ2n) is 14.0. The molecule has 0 saturated heterocycles. The molecular weight excluding hydrogens is 641 g/mol. The van der Waals surface area contributed by atoms with Gasteiger partial charge in [0.05, 0.1) is 16.8 Å². The fourth-order valence-electron chi connectivity index (χ4n) is 9.09. The highest BCUT2D eigenvalue weighted by Gasteiger charge is 2.51. The van der Waals surface area contributed by atoms with E-state index >= 15 is 0 Å². The Hall–Kier alpha value is -6.90. The smallest absolute Gasteiger partial charge is 0.161 e. The SMILES string of the molecule is c1ccc(-c2cc(-c3ccccc3)nc(-c3ccc(-c4ccc5c(c4)C4(c6ccccc6-c6ccccc64)c4ccccc4-5)c4ccccc34)n2)cc1. The largest absolute Gasteiger partial charge is 0.228 e. The molecule has 0 amide bonds. The lowest BCUT2D eigenvalue weighted by atomic mass is 9.70. The molecule has 2 heteroatoms. The molecule has 0 aliphatic heterocycles. The molecule has 0 radical (unpaired) electrons. The van der Waals surface area contributed by atoms with Crippen molar-refractivity contribution in [3.63, 3.8) is 0 Å². The molecule has 0 saturated carbocycles. The van der Waals surface area contributed by atoms with E-state index in [1.54, 1.807) is 0 Å². The zero-order valence-electron chi connectivity index (χ0n) is 28.9. The summed E-state index contributed by atoms with van der Waals surface area (Å²) < 4.78 is 0. The van der Waals surface area contributed by atoms with Crippen molar-refractivity contribution in [2.45, 2.75) is 5.41 Å². The summed E-state index contributed by atoms with van der Waals surface area (Å²) in [6, 6.07) is 70.2. The predicted molar refractivity (Wildman–Crippen MR) is 218 cm³/mol. The Bertz CT molecular complexity index is 2770. The van der Waals surface area contributed by atoms with Crippen LogP contribution in [0.4, 0.5) is 0 Å². The summed E-state index contributed by atoms with van der Waals surface area (Å²) in [7, 11) is 0. The summed E-state index contributed by atoms with van der Waals surface area (Å²) >= 11 is 0. The van der Waals surface area contributed by atoms with Gasteiger partial charge in [-0.05, 0) is 84.6 Å². The zero-order chi connectivity index (χ0) is 34.9. The second kappa shape index (κ2) is 11.6. The number of nitrogens with zero attached hydrogens (tertiary/aromatic N) is 2. The lowest BCUT2D eigenvalue weighted by Crippen LogP contribution is -2.25. The molecular formula is C51H32N2. The average molecular weight is 673 g/mol. The van der Waals surface area contributed by atoms with E-state index in [1.165, 1.54) is 61.0 Å². The minimum Gasteiger partial charge on any atom is -0.228 e. The highest BCUT2D eigenvalue weighted by atomic mass is 14.9. The molecule has 2 aliphatic carbocycles. The molecule has 2 aliphatic rings. The van der Waals surface area contributed by atoms with Gasteiger partial charge in [-0.25, -0.2) is 9.97 Å². The van der Waals surface area contributed by atoms with Crippen LogP contribution in [-0.4, -0.2) is 9.97 Å². The van der Waals surface area contributed by atoms with Gasteiger partial charge >= 0.3 is 0 Å². The van der Waals surface area contributed by atoms with Crippen molar-refractivity contribution in [2.24, 2.45) is 0 Å². The molecule has 11 rings (SSSR count). The van der Waals surface area contributed by atoms with Crippen LogP contribution in [0.1, 0.15) is 22.3 Å². The maximum Gasteiger partial charge on any atom is 0.161 e. The van der Waals surface area contributed by atoms with Crippen LogP contribution in [0.25, 0.3) is 78.1 Å². The van der Waals surface area contributed by atoms with E-state index in [1.807, 2.05) is 12.1 Å². The van der Waals surface area contributed by atoms with E-state index in [0.717, 1.165) is 39.3 Å². The second-order valence-corrected chi connectivity index (χ2v) is 14.0. The summed E-state index contributed by atoms with van der Waals surface area (Å²) in [5.74, 6) is 0.718. The Morgan fingerprint density at radius 3 is 1.25 bits per heavy atom. The number of aromatic nitrogens is 2. The summed E-state index contributed by atoms with van der Waals surface area (Å²) in [5, 5.41) is 2.31. The summed E-state index contributed by atoms with van der Waals surface area (Å²) in [4.78, 5) is 10.4. The van der Waals surface area contributed by atoms with Gasteiger partial charge in [0.2, 0.25) is 0 Å². The molecule has 0 unspecified atom stereocenters. The number of rotatable bonds is 4. The molecule has 1 spiro atoms. The van der Waals surface area contributed by atoms with Crippen molar-refractivity contribution in [2.75, 3.05) is 0 Å². The first-order valence-electron chi connectivity index (χ1n) is 18.3. The van der Waals surface area contributed by atoms with Gasteiger partial charge in [-0.15, -0.1) is 0 Å². The maximum atomic E-state index is 5.20. The number of hydrogen-bond acceptors (Lipinski definition) is 2. The van der Waals surface area contributed by atoms with Crippen LogP contribution in [0.15, 0.2) is 194 Å². The first-order chi connectivity index (χ1) is 26.3. The fourth-order valence-corrected chi connectivity index (χ4v) is 9.09. The zero-order valence-corrected chi connectivity index (χ0v) is 28.9. The van der Waals surface area contributed by atoms with Crippen LogP contribution in [0.2, 0.25) is 0 Å². The Balaban J connectivity index is 1.12. The Labute approximate surface area is 308 Å². The lowest BCUT2D eigenvalue weighted by Gasteiger charge is -2.30. The molecule has 0 N–H and O–H groups in total. The minimum absolute atomic E-state index is 0.384. The number of benzene rings is 8. The van der Waals surface area contributed by atoms with E-state index in [2.05, 4.69) is 182 Å². The van der Waals surface area contributed by atoms with Gasteiger partial charge in [-0.1, -0.05) is 176 Å². The van der Waals surface area contributed by atoms with Gasteiger partial charge in [0.15, 0.2) is 5.82 Å². The van der Waals surface area contributed by atoms with Crippen molar-refractivity contribution < 1.29 is 0 Å². The maximum absolute atomic E-state index is 5.20. The van der Waals surface area contributed by atoms with E-state index in [4.69, 9.17) is 9.97 Å². The topological polar surface area (TPSA) is 25.8 Å². The molecule has 0 atom stereocenters. The Morgan fingerprint density at radius 1 is 0.283 bits per heavy atom. The van der Waals surface area contributed by atoms with E-state index in [-0.39, 0.29) is 5.41 Å². The Kier molecular flexibility index (Phi) is 6.50. The van der Waals surface area contributed by atoms with E-state index < -0.39 is 0 Å². The van der Waals surface area contributed by atoms with Crippen LogP contribution in [0.3, 0.4) is 0 Å². The molecule has 0 bridgehead atoms. The van der Waals surface area contributed by atoms with Crippen LogP contribution in [-0.2, 0) is 5.41 Å². The first kappa shape index (κ1) is 29.8. The minimum atomic E-state index is -0.384. The molecule has 2 nitrogen and oxygen atoms in total. The highest BCUT2D eigenvalue weighted by molar-refractivity contribution is 6.05. The predicted octanol–water partition coefficient (Wildman–Crippen LogP) is 12.6. The van der Waals surface area contributed by atoms with Crippen LogP contribution >= 0.6 is 0 Å². The van der Waals surface area contributed by atoms with Crippen LogP contribution < -0.4 is 0 Å². The van der Waals surface area contributed by atoms with Gasteiger partial charge in [0, 0.05) is 16.7 Å². The molecule has 1 aromatic heterocycles. The molecule has 0 fully saturated rings. The summed E-state index contributed by atoms with van der Waals surface area (Å²) in [6.07, 6.45) is 0. The van der Waals surface area contributed by atoms with Crippen molar-refractivity contribution in [1.82, 2.24) is 9.97 Å². The van der Waals surface area contributed by atoms with Crippen molar-refractivity contribution in [3.05, 3.63) is 216 Å². The molecule has 53 heavy (non-hydrogen) atoms. The van der Waals surface area contributed by atoms with E-state index in [0.29, 0.717) is 0 Å². The molecule has 9 aromatic rings. The first-order valence-corrected chi connectivity index (χ1v) is 18.3. The number of fused-ring (bicyclic) bond motifs is 11. The summed E-state index contributed by atoms with van der Waals surface area (Å²) in [5.41, 5.74) is 17.6. The highest BCUT2D eigenvalue weighted by Crippen LogP contribution is 2.63. The lowest BCUT2D eigenvalue weighted by molar-refractivity contribution is 0.794. The summed E-state index contributed by atoms with van der Waals surface area (Å²) in [6.45, 7) is 0. The quantitative estimate of drug-likeness (QED) is 0.186. The standard InChI is InChI=1S/C51H32N2/c1-3-15-33(16-4-1)48-32-49(34-17-5-2-6-18-34)53-50(52-48)43-30-29-36(37-19-7-8-20-38(37)43)35-27-28-42-41-23-11-14-26-46(41)51(47(42)31-35)44-24-12-9-21-39(44)40-22-10-13-25-45(40)51/h1-32H. The third kappa shape index (κ3) is 4.33. The Morgan fingerprint density at radius 2 is 0.698 bits per heavy atom. The number of hydrogen-bond donors (Lipinski definition) is 0. The van der Waals surface area contributed by atoms with Crippen molar-refractivity contribution >= 4 is 10.8 Å². The van der Waals surface area contributed by atoms with Gasteiger partial charge in [-0.2, -0.15) is 0 Å². The molecule has 1 heterocycles. The van der Waals surface area contributed by atoms with Gasteiger partial charge in [0.1, 0.15) is 0 Å². The van der Waals surface area contributed by atoms with Gasteiger partial charge in [-0.3, -0.25) is 0 Å². The van der Waals surface area contributed by atoms with E-state index in [9.17, 15) is 0 Å². The van der Waals surface area contributed by atoms with Crippen molar-refractivity contribution in [3.8, 4) is 67.3 Å². The third-order valence-electron chi connectivity index (χ3n) is 11.3. The average Bonchev–Trinajstić information content (AvgIpc) is 3.71. The van der Waals surface area contributed by atoms with Crippen LogP contribution in [0.5, 0.6) is 0 Å². The molecule has 246 valence electrons. The van der Waals surface area contributed by atoms with Crippen LogP contribution in [0, 0.1) is 0 Å². The monoisotopic (exact) mass is 672 g/mol.